The van der Waals surface area contributed by atoms with Crippen LogP contribution in [0.4, 0.5) is 13.2 Å². The van der Waals surface area contributed by atoms with Gasteiger partial charge >= 0.3 is 6.18 Å². The Bertz CT molecular complexity index is 560. The standard InChI is InChI=1S/C14H16F3NO3/c1-13(2,3)11(19)7-21-10-5-4-8(14(15,16)17)6-9(10)12(18)20/h4-6H,7H2,1-3H3,(H2,18,20). The van der Waals surface area contributed by atoms with E-state index < -0.39 is 28.6 Å². The summed E-state index contributed by atoms with van der Waals surface area (Å²) in [5, 5.41) is 0. The molecule has 0 heterocycles. The van der Waals surface area contributed by atoms with Crippen molar-refractivity contribution in [2.45, 2.75) is 26.9 Å². The molecule has 1 rings (SSSR count). The van der Waals surface area contributed by atoms with Gasteiger partial charge in [0.05, 0.1) is 11.1 Å². The van der Waals surface area contributed by atoms with Crippen molar-refractivity contribution in [3.05, 3.63) is 29.3 Å². The van der Waals surface area contributed by atoms with Gasteiger partial charge < -0.3 is 10.5 Å². The number of benzene rings is 1. The molecule has 1 amide bonds. The predicted octanol–water partition coefficient (Wildman–Crippen LogP) is 2.80. The summed E-state index contributed by atoms with van der Waals surface area (Å²) in [7, 11) is 0. The van der Waals surface area contributed by atoms with Gasteiger partial charge in [0.1, 0.15) is 12.4 Å². The van der Waals surface area contributed by atoms with E-state index in [0.717, 1.165) is 12.1 Å². The van der Waals surface area contributed by atoms with Crippen LogP contribution in [0, 0.1) is 5.41 Å². The molecule has 4 nitrogen and oxygen atoms in total. The number of alkyl halides is 3. The Morgan fingerprint density at radius 2 is 1.76 bits per heavy atom. The first-order valence-electron chi connectivity index (χ1n) is 6.10. The largest absolute Gasteiger partial charge is 0.485 e. The minimum atomic E-state index is -4.59. The fraction of sp³-hybridized carbons (Fsp3) is 0.429. The van der Waals surface area contributed by atoms with Gasteiger partial charge in [-0.05, 0) is 18.2 Å². The molecule has 1 aromatic carbocycles. The minimum absolute atomic E-state index is 0.145. The molecule has 0 fully saturated rings. The lowest BCUT2D eigenvalue weighted by atomic mass is 9.91. The van der Waals surface area contributed by atoms with Gasteiger partial charge in [0.25, 0.3) is 5.91 Å². The predicted molar refractivity (Wildman–Crippen MR) is 69.9 cm³/mol. The molecule has 7 heteroatoms. The number of Topliss-reactive ketones (excluding diaryl/α,β-unsaturated/α-hetero) is 1. The highest BCUT2D eigenvalue weighted by Gasteiger charge is 2.32. The smallest absolute Gasteiger partial charge is 0.416 e. The average Bonchev–Trinajstić information content (AvgIpc) is 2.33. The molecule has 0 spiro atoms. The molecule has 0 atom stereocenters. The van der Waals surface area contributed by atoms with Crippen LogP contribution in [0.5, 0.6) is 5.75 Å². The van der Waals surface area contributed by atoms with Crippen molar-refractivity contribution < 1.29 is 27.5 Å². The van der Waals surface area contributed by atoms with E-state index in [9.17, 15) is 22.8 Å². The summed E-state index contributed by atoms with van der Waals surface area (Å²) in [6, 6.07) is 2.36. The molecule has 0 aliphatic rings. The number of hydrogen-bond acceptors (Lipinski definition) is 3. The van der Waals surface area contributed by atoms with Crippen LogP contribution in [0.3, 0.4) is 0 Å². The molecule has 116 valence electrons. The van der Waals surface area contributed by atoms with E-state index in [-0.39, 0.29) is 18.1 Å². The van der Waals surface area contributed by atoms with Crippen LogP contribution >= 0.6 is 0 Å². The van der Waals surface area contributed by atoms with E-state index in [1.165, 1.54) is 0 Å². The van der Waals surface area contributed by atoms with Crippen molar-refractivity contribution >= 4 is 11.7 Å². The molecule has 21 heavy (non-hydrogen) atoms. The highest BCUT2D eigenvalue weighted by atomic mass is 19.4. The summed E-state index contributed by atoms with van der Waals surface area (Å²) in [6.45, 7) is 4.69. The molecule has 0 aliphatic carbocycles. The van der Waals surface area contributed by atoms with Gasteiger partial charge in [-0.15, -0.1) is 0 Å². The molecule has 0 bridgehead atoms. The third-order valence-corrected chi connectivity index (χ3v) is 2.77. The molecular formula is C14H16F3NO3. The van der Waals surface area contributed by atoms with Crippen molar-refractivity contribution in [1.82, 2.24) is 0 Å². The second kappa shape index (κ2) is 5.75. The van der Waals surface area contributed by atoms with E-state index in [1.807, 2.05) is 0 Å². The van der Waals surface area contributed by atoms with Gasteiger partial charge in [0.15, 0.2) is 5.78 Å². The van der Waals surface area contributed by atoms with Crippen LogP contribution in [0.25, 0.3) is 0 Å². The van der Waals surface area contributed by atoms with Crippen LogP contribution in [0.2, 0.25) is 0 Å². The first-order chi connectivity index (χ1) is 9.43. The van der Waals surface area contributed by atoms with E-state index in [1.54, 1.807) is 20.8 Å². The van der Waals surface area contributed by atoms with Crippen LogP contribution in [-0.4, -0.2) is 18.3 Å². The second-order valence-corrected chi connectivity index (χ2v) is 5.53. The van der Waals surface area contributed by atoms with Gasteiger partial charge in [-0.3, -0.25) is 9.59 Å². The summed E-state index contributed by atoms with van der Waals surface area (Å²) in [5.41, 5.74) is 2.97. The van der Waals surface area contributed by atoms with Crippen molar-refractivity contribution in [3.8, 4) is 5.75 Å². The Kier molecular flexibility index (Phi) is 4.65. The van der Waals surface area contributed by atoms with Crippen molar-refractivity contribution in [2.24, 2.45) is 11.1 Å². The Labute approximate surface area is 120 Å². The number of nitrogens with two attached hydrogens (primary N) is 1. The van der Waals surface area contributed by atoms with E-state index in [4.69, 9.17) is 10.5 Å². The lowest BCUT2D eigenvalue weighted by Gasteiger charge is -2.18. The molecule has 0 aliphatic heterocycles. The van der Waals surface area contributed by atoms with Gasteiger partial charge in [0.2, 0.25) is 0 Å². The lowest BCUT2D eigenvalue weighted by Crippen LogP contribution is -2.27. The van der Waals surface area contributed by atoms with Gasteiger partial charge in [-0.1, -0.05) is 20.8 Å². The monoisotopic (exact) mass is 303 g/mol. The molecule has 2 N–H and O–H groups in total. The summed E-state index contributed by atoms with van der Waals surface area (Å²) < 4.78 is 42.9. The molecule has 0 saturated carbocycles. The zero-order valence-electron chi connectivity index (χ0n) is 11.9. The number of amides is 1. The average molecular weight is 303 g/mol. The lowest BCUT2D eigenvalue weighted by molar-refractivity contribution is -0.137. The molecule has 0 aromatic heterocycles. The van der Waals surface area contributed by atoms with E-state index in [2.05, 4.69) is 0 Å². The minimum Gasteiger partial charge on any atom is -0.485 e. The number of rotatable bonds is 4. The Morgan fingerprint density at radius 1 is 1.19 bits per heavy atom. The number of halogens is 3. The number of carbonyl (C=O) groups excluding carboxylic acids is 2. The molecular weight excluding hydrogens is 287 g/mol. The Morgan fingerprint density at radius 3 is 2.19 bits per heavy atom. The fourth-order valence-corrected chi connectivity index (χ4v) is 1.38. The second-order valence-electron chi connectivity index (χ2n) is 5.53. The summed E-state index contributed by atoms with van der Waals surface area (Å²) >= 11 is 0. The normalized spacial score (nSPS) is 12.1. The summed E-state index contributed by atoms with van der Waals surface area (Å²) in [5.74, 6) is -1.45. The first-order valence-corrected chi connectivity index (χ1v) is 6.10. The van der Waals surface area contributed by atoms with Crippen molar-refractivity contribution in [2.75, 3.05) is 6.61 Å². The van der Waals surface area contributed by atoms with Crippen LogP contribution < -0.4 is 10.5 Å². The zero-order valence-corrected chi connectivity index (χ0v) is 11.9. The third-order valence-electron chi connectivity index (χ3n) is 2.77. The number of primary amides is 1. The van der Waals surface area contributed by atoms with E-state index in [0.29, 0.717) is 6.07 Å². The van der Waals surface area contributed by atoms with Crippen LogP contribution in [0.15, 0.2) is 18.2 Å². The number of ketones is 1. The van der Waals surface area contributed by atoms with Gasteiger partial charge in [-0.2, -0.15) is 13.2 Å². The van der Waals surface area contributed by atoms with E-state index >= 15 is 0 Å². The highest BCUT2D eigenvalue weighted by molar-refractivity contribution is 5.96. The number of carbonyl (C=O) groups is 2. The Hall–Kier alpha value is -2.05. The maximum atomic E-state index is 12.6. The summed E-state index contributed by atoms with van der Waals surface area (Å²) in [4.78, 5) is 23.0. The number of hydrogen-bond donors (Lipinski definition) is 1. The molecule has 1 aromatic rings. The topological polar surface area (TPSA) is 69.4 Å². The maximum Gasteiger partial charge on any atom is 0.416 e. The van der Waals surface area contributed by atoms with Crippen molar-refractivity contribution in [1.29, 1.82) is 0 Å². The van der Waals surface area contributed by atoms with Gasteiger partial charge in [0, 0.05) is 5.41 Å². The maximum absolute atomic E-state index is 12.6. The molecule has 0 radical (unpaired) electrons. The fourth-order valence-electron chi connectivity index (χ4n) is 1.38. The third kappa shape index (κ3) is 4.47. The number of ether oxygens (including phenoxy) is 1. The first kappa shape index (κ1) is 17.0. The summed E-state index contributed by atoms with van der Waals surface area (Å²) in [6.07, 6.45) is -4.59. The quantitative estimate of drug-likeness (QED) is 0.930. The molecule has 0 unspecified atom stereocenters. The van der Waals surface area contributed by atoms with Crippen molar-refractivity contribution in [3.63, 3.8) is 0 Å². The highest BCUT2D eigenvalue weighted by Crippen LogP contribution is 2.32. The van der Waals surface area contributed by atoms with Gasteiger partial charge in [-0.25, -0.2) is 0 Å². The van der Waals surface area contributed by atoms with Crippen LogP contribution in [0.1, 0.15) is 36.7 Å². The molecule has 0 saturated heterocycles. The zero-order chi connectivity index (χ0) is 16.4. The van der Waals surface area contributed by atoms with Crippen LogP contribution in [-0.2, 0) is 11.0 Å². The Balaban J connectivity index is 3.03. The SMILES string of the molecule is CC(C)(C)C(=O)COc1ccc(C(F)(F)F)cc1C(N)=O.